The number of hydrogen-bond acceptors (Lipinski definition) is 5. The molecule has 1 aromatic carbocycles. The van der Waals surface area contributed by atoms with Crippen LogP contribution in [0.5, 0.6) is 0 Å². The topological polar surface area (TPSA) is 31.4 Å². The SMILES string of the molecule is COC1(c2ncc(-c3ccc(C(C)=S)cc3)s2)CCOCC1. The van der Waals surface area contributed by atoms with Gasteiger partial charge in [0.1, 0.15) is 10.6 Å². The highest BCUT2D eigenvalue weighted by Gasteiger charge is 2.37. The molecule has 2 heterocycles. The first-order chi connectivity index (χ1) is 10.6. The molecule has 0 unspecified atom stereocenters. The highest BCUT2D eigenvalue weighted by atomic mass is 32.1. The van der Waals surface area contributed by atoms with E-state index < -0.39 is 0 Å². The maximum Gasteiger partial charge on any atom is 0.125 e. The van der Waals surface area contributed by atoms with Crippen molar-refractivity contribution in [3.63, 3.8) is 0 Å². The second kappa shape index (κ2) is 6.54. The molecule has 0 spiro atoms. The van der Waals surface area contributed by atoms with E-state index in [9.17, 15) is 0 Å². The molecule has 3 rings (SSSR count). The standard InChI is InChI=1S/C17H19NO2S2/c1-12(21)13-3-5-14(6-4-13)15-11-18-16(22-15)17(19-2)7-9-20-10-8-17/h3-6,11H,7-10H2,1-2H3. The summed E-state index contributed by atoms with van der Waals surface area (Å²) in [4.78, 5) is 6.70. The largest absolute Gasteiger partial charge is 0.381 e. The molecule has 1 aliphatic heterocycles. The number of ether oxygens (including phenoxy) is 2. The van der Waals surface area contributed by atoms with E-state index in [1.807, 2.05) is 13.1 Å². The second-order valence-electron chi connectivity index (χ2n) is 5.47. The molecule has 2 aromatic rings. The van der Waals surface area contributed by atoms with Crippen molar-refractivity contribution < 1.29 is 9.47 Å². The number of aromatic nitrogens is 1. The molecule has 3 nitrogen and oxygen atoms in total. The Morgan fingerprint density at radius 2 is 1.95 bits per heavy atom. The fourth-order valence-electron chi connectivity index (χ4n) is 2.69. The van der Waals surface area contributed by atoms with E-state index in [0.717, 1.165) is 46.4 Å². The number of rotatable bonds is 4. The van der Waals surface area contributed by atoms with Crippen LogP contribution in [-0.2, 0) is 15.1 Å². The van der Waals surface area contributed by atoms with Gasteiger partial charge in [0, 0.05) is 44.2 Å². The van der Waals surface area contributed by atoms with Crippen molar-refractivity contribution in [2.75, 3.05) is 20.3 Å². The van der Waals surface area contributed by atoms with Crippen LogP contribution < -0.4 is 0 Å². The minimum Gasteiger partial charge on any atom is -0.381 e. The fourth-order valence-corrected chi connectivity index (χ4v) is 3.98. The molecule has 1 saturated heterocycles. The van der Waals surface area contributed by atoms with Crippen molar-refractivity contribution >= 4 is 28.4 Å². The smallest absolute Gasteiger partial charge is 0.125 e. The Morgan fingerprint density at radius 3 is 2.55 bits per heavy atom. The molecule has 1 aromatic heterocycles. The summed E-state index contributed by atoms with van der Waals surface area (Å²) < 4.78 is 11.3. The van der Waals surface area contributed by atoms with Crippen LogP contribution in [0.1, 0.15) is 30.3 Å². The Labute approximate surface area is 140 Å². The van der Waals surface area contributed by atoms with Crippen LogP contribution in [0.15, 0.2) is 30.5 Å². The number of thiazole rings is 1. The second-order valence-corrected chi connectivity index (χ2v) is 7.12. The molecule has 0 bridgehead atoms. The van der Waals surface area contributed by atoms with E-state index >= 15 is 0 Å². The molecule has 1 aliphatic rings. The van der Waals surface area contributed by atoms with Gasteiger partial charge < -0.3 is 9.47 Å². The van der Waals surface area contributed by atoms with Crippen LogP contribution in [0.25, 0.3) is 10.4 Å². The summed E-state index contributed by atoms with van der Waals surface area (Å²) in [6.45, 7) is 3.40. The molecule has 0 saturated carbocycles. The normalized spacial score (nSPS) is 17.4. The van der Waals surface area contributed by atoms with Crippen LogP contribution in [0.3, 0.4) is 0 Å². The van der Waals surface area contributed by atoms with Crippen LogP contribution >= 0.6 is 23.6 Å². The predicted octanol–water partition coefficient (Wildman–Crippen LogP) is 4.20. The zero-order valence-corrected chi connectivity index (χ0v) is 14.4. The predicted molar refractivity (Wildman–Crippen MR) is 93.7 cm³/mol. The quantitative estimate of drug-likeness (QED) is 0.620. The molecular formula is C17H19NO2S2. The molecule has 0 N–H and O–H groups in total. The molecule has 0 radical (unpaired) electrons. The first-order valence-corrected chi connectivity index (χ1v) is 8.58. The van der Waals surface area contributed by atoms with Crippen LogP contribution in [0.2, 0.25) is 0 Å². The Hall–Kier alpha value is -1.14. The van der Waals surface area contributed by atoms with Crippen LogP contribution in [0, 0.1) is 0 Å². The highest BCUT2D eigenvalue weighted by molar-refractivity contribution is 7.80. The lowest BCUT2D eigenvalue weighted by Crippen LogP contribution is -2.35. The fraction of sp³-hybridized carbons (Fsp3) is 0.412. The minimum absolute atomic E-state index is 0.286. The number of thiocarbonyl (C=S) groups is 1. The van der Waals surface area contributed by atoms with Gasteiger partial charge in [-0.15, -0.1) is 11.3 Å². The molecule has 0 aliphatic carbocycles. The first kappa shape index (κ1) is 15.7. The third kappa shape index (κ3) is 2.99. The van der Waals surface area contributed by atoms with Crippen LogP contribution in [-0.4, -0.2) is 30.2 Å². The van der Waals surface area contributed by atoms with E-state index in [1.54, 1.807) is 18.4 Å². The van der Waals surface area contributed by atoms with Gasteiger partial charge in [-0.05, 0) is 18.1 Å². The molecule has 116 valence electrons. The van der Waals surface area contributed by atoms with Crippen molar-refractivity contribution in [1.29, 1.82) is 0 Å². The van der Waals surface area contributed by atoms with Gasteiger partial charge in [-0.3, -0.25) is 0 Å². The van der Waals surface area contributed by atoms with Gasteiger partial charge in [-0.25, -0.2) is 4.98 Å². The number of nitrogens with zero attached hydrogens (tertiary/aromatic N) is 1. The summed E-state index contributed by atoms with van der Waals surface area (Å²) in [6.07, 6.45) is 3.66. The van der Waals surface area contributed by atoms with E-state index in [4.69, 9.17) is 21.7 Å². The van der Waals surface area contributed by atoms with Crippen molar-refractivity contribution in [1.82, 2.24) is 4.98 Å². The number of benzene rings is 1. The Kier molecular flexibility index (Phi) is 4.68. The molecule has 0 amide bonds. The Balaban J connectivity index is 1.88. The van der Waals surface area contributed by atoms with Gasteiger partial charge in [0.05, 0.1) is 4.88 Å². The first-order valence-electron chi connectivity index (χ1n) is 7.35. The third-order valence-electron chi connectivity index (χ3n) is 4.16. The maximum atomic E-state index is 5.82. The molecule has 22 heavy (non-hydrogen) atoms. The monoisotopic (exact) mass is 333 g/mol. The summed E-state index contributed by atoms with van der Waals surface area (Å²) in [6, 6.07) is 8.34. The zero-order chi connectivity index (χ0) is 15.6. The molecule has 1 fully saturated rings. The van der Waals surface area contributed by atoms with Crippen LogP contribution in [0.4, 0.5) is 0 Å². The van der Waals surface area contributed by atoms with E-state index in [1.165, 1.54) is 5.56 Å². The van der Waals surface area contributed by atoms with Crippen molar-refractivity contribution in [3.8, 4) is 10.4 Å². The summed E-state index contributed by atoms with van der Waals surface area (Å²) in [5.74, 6) is 0. The Bertz CT molecular complexity index is 658. The van der Waals surface area contributed by atoms with Crippen molar-refractivity contribution in [3.05, 3.63) is 41.0 Å². The van der Waals surface area contributed by atoms with Gasteiger partial charge in [-0.1, -0.05) is 36.5 Å². The van der Waals surface area contributed by atoms with E-state index in [2.05, 4.69) is 29.2 Å². The molecular weight excluding hydrogens is 314 g/mol. The number of hydrogen-bond donors (Lipinski definition) is 0. The highest BCUT2D eigenvalue weighted by Crippen LogP contribution is 2.40. The maximum absolute atomic E-state index is 5.82. The van der Waals surface area contributed by atoms with E-state index in [0.29, 0.717) is 0 Å². The Morgan fingerprint density at radius 1 is 1.27 bits per heavy atom. The van der Waals surface area contributed by atoms with Gasteiger partial charge in [0.15, 0.2) is 0 Å². The molecule has 5 heteroatoms. The van der Waals surface area contributed by atoms with Crippen molar-refractivity contribution in [2.45, 2.75) is 25.4 Å². The number of methoxy groups -OCH3 is 1. The van der Waals surface area contributed by atoms with Gasteiger partial charge in [0.2, 0.25) is 0 Å². The van der Waals surface area contributed by atoms with Gasteiger partial charge in [-0.2, -0.15) is 0 Å². The minimum atomic E-state index is -0.286. The summed E-state index contributed by atoms with van der Waals surface area (Å²) in [5, 5.41) is 1.04. The van der Waals surface area contributed by atoms with E-state index in [-0.39, 0.29) is 5.60 Å². The van der Waals surface area contributed by atoms with Crippen molar-refractivity contribution in [2.24, 2.45) is 0 Å². The summed E-state index contributed by atoms with van der Waals surface area (Å²) in [5.41, 5.74) is 1.98. The summed E-state index contributed by atoms with van der Waals surface area (Å²) in [7, 11) is 1.77. The molecule has 0 atom stereocenters. The van der Waals surface area contributed by atoms with Gasteiger partial charge in [0.25, 0.3) is 0 Å². The average molecular weight is 333 g/mol. The lowest BCUT2D eigenvalue weighted by Gasteiger charge is -2.33. The lowest BCUT2D eigenvalue weighted by molar-refractivity contribution is -0.0948. The zero-order valence-electron chi connectivity index (χ0n) is 12.8. The third-order valence-corrected chi connectivity index (χ3v) is 5.63. The average Bonchev–Trinajstić information content (AvgIpc) is 3.06. The summed E-state index contributed by atoms with van der Waals surface area (Å²) >= 11 is 6.91. The van der Waals surface area contributed by atoms with Gasteiger partial charge >= 0.3 is 0 Å². The lowest BCUT2D eigenvalue weighted by atomic mass is 9.95.